The van der Waals surface area contributed by atoms with Gasteiger partial charge < -0.3 is 15.2 Å². The predicted molar refractivity (Wildman–Crippen MR) is 97.9 cm³/mol. The smallest absolute Gasteiger partial charge is 0.321 e. The molecule has 8 nitrogen and oxygen atoms in total. The molecule has 0 fully saturated rings. The van der Waals surface area contributed by atoms with Gasteiger partial charge in [0.1, 0.15) is 11.8 Å². The van der Waals surface area contributed by atoms with Crippen LogP contribution >= 0.6 is 0 Å². The predicted octanol–water partition coefficient (Wildman–Crippen LogP) is 2.78. The van der Waals surface area contributed by atoms with E-state index in [9.17, 15) is 25.1 Å². The van der Waals surface area contributed by atoms with E-state index < -0.39 is 23.0 Å². The Balaban J connectivity index is 1.96. The number of nitro benzene ring substituents is 1. The molecule has 0 radical (unpaired) electrons. The number of aromatic nitrogens is 1. The highest BCUT2D eigenvalue weighted by Crippen LogP contribution is 2.40. The van der Waals surface area contributed by atoms with Crippen molar-refractivity contribution < 1.29 is 19.9 Å². The number of H-pyrrole nitrogens is 1. The van der Waals surface area contributed by atoms with E-state index in [2.05, 4.69) is 10.3 Å². The highest BCUT2D eigenvalue weighted by atomic mass is 16.6. The summed E-state index contributed by atoms with van der Waals surface area (Å²) >= 11 is 0. The molecule has 4 N–H and O–H groups in total. The molecule has 2 aromatic carbocycles. The number of carbonyl (C=O) groups is 1. The number of non-ortho nitro benzene ring substituents is 1. The number of benzene rings is 2. The number of aromatic hydroxyl groups is 1. The number of para-hydroxylation sites is 1. The van der Waals surface area contributed by atoms with Crippen molar-refractivity contribution in [3.63, 3.8) is 0 Å². The molecule has 0 unspecified atom stereocenters. The third-order valence-corrected chi connectivity index (χ3v) is 5.05. The van der Waals surface area contributed by atoms with Gasteiger partial charge >= 0.3 is 5.97 Å². The summed E-state index contributed by atoms with van der Waals surface area (Å²) < 4.78 is 0. The second kappa shape index (κ2) is 6.10. The molecule has 1 aromatic heterocycles. The number of nitrogens with zero attached hydrogens (tertiary/aromatic N) is 1. The third kappa shape index (κ3) is 2.70. The van der Waals surface area contributed by atoms with Crippen molar-refractivity contribution >= 4 is 22.6 Å². The number of rotatable bonds is 3. The van der Waals surface area contributed by atoms with E-state index in [-0.39, 0.29) is 23.4 Å². The summed E-state index contributed by atoms with van der Waals surface area (Å²) in [5.74, 6) is -1.11. The van der Waals surface area contributed by atoms with Gasteiger partial charge in [-0.15, -0.1) is 0 Å². The number of nitrogens with one attached hydrogen (secondary N) is 2. The first-order valence-corrected chi connectivity index (χ1v) is 8.43. The molecule has 0 spiro atoms. The number of fused-ring (bicyclic) bond motifs is 3. The van der Waals surface area contributed by atoms with Crippen LogP contribution in [0.1, 0.15) is 28.4 Å². The summed E-state index contributed by atoms with van der Waals surface area (Å²) in [6.45, 7) is 1.58. The molecule has 1 aliphatic heterocycles. The first-order chi connectivity index (χ1) is 12.9. The largest absolute Gasteiger partial charge is 0.507 e. The van der Waals surface area contributed by atoms with Gasteiger partial charge in [0.2, 0.25) is 0 Å². The van der Waals surface area contributed by atoms with E-state index in [0.29, 0.717) is 11.3 Å². The van der Waals surface area contributed by atoms with Gasteiger partial charge in [-0.05, 0) is 24.1 Å². The summed E-state index contributed by atoms with van der Waals surface area (Å²) in [4.78, 5) is 25.7. The minimum Gasteiger partial charge on any atom is -0.507 e. The van der Waals surface area contributed by atoms with Crippen LogP contribution in [-0.4, -0.2) is 32.1 Å². The summed E-state index contributed by atoms with van der Waals surface area (Å²) in [6.07, 6.45) is 0.278. The van der Waals surface area contributed by atoms with Crippen LogP contribution in [0.3, 0.4) is 0 Å². The van der Waals surface area contributed by atoms with Crippen molar-refractivity contribution in [2.45, 2.75) is 25.4 Å². The molecule has 138 valence electrons. The second-order valence-electron chi connectivity index (χ2n) is 6.72. The molecule has 2 atom stereocenters. The highest BCUT2D eigenvalue weighted by Gasteiger charge is 2.36. The SMILES string of the molecule is Cc1cc([N+](=O)[O-])cc([C@@H]2N[C@@H](C(=O)O)Cc3c2[nH]c2ccccc32)c1O. The van der Waals surface area contributed by atoms with Crippen LogP contribution in [0.5, 0.6) is 5.75 Å². The fourth-order valence-electron chi connectivity index (χ4n) is 3.75. The van der Waals surface area contributed by atoms with Crippen molar-refractivity contribution in [3.05, 3.63) is 68.9 Å². The van der Waals surface area contributed by atoms with E-state index in [0.717, 1.165) is 16.5 Å². The average Bonchev–Trinajstić information content (AvgIpc) is 3.01. The lowest BCUT2D eigenvalue weighted by Crippen LogP contribution is -2.45. The highest BCUT2D eigenvalue weighted by molar-refractivity contribution is 5.87. The minimum absolute atomic E-state index is 0.0891. The van der Waals surface area contributed by atoms with Crippen molar-refractivity contribution in [3.8, 4) is 5.75 Å². The Bertz CT molecular complexity index is 1090. The monoisotopic (exact) mass is 367 g/mol. The molecule has 27 heavy (non-hydrogen) atoms. The fraction of sp³-hybridized carbons (Fsp3) is 0.211. The zero-order valence-corrected chi connectivity index (χ0v) is 14.4. The topological polar surface area (TPSA) is 128 Å². The van der Waals surface area contributed by atoms with Gasteiger partial charge in [-0.1, -0.05) is 18.2 Å². The summed E-state index contributed by atoms with van der Waals surface area (Å²) in [6, 6.07) is 8.54. The number of aryl methyl sites for hydroxylation is 1. The van der Waals surface area contributed by atoms with Crippen molar-refractivity contribution in [1.29, 1.82) is 0 Å². The molecule has 0 bridgehead atoms. The lowest BCUT2D eigenvalue weighted by molar-refractivity contribution is -0.385. The van der Waals surface area contributed by atoms with Crippen molar-refractivity contribution in [1.82, 2.24) is 10.3 Å². The second-order valence-corrected chi connectivity index (χ2v) is 6.72. The van der Waals surface area contributed by atoms with Crippen LogP contribution in [0.15, 0.2) is 36.4 Å². The number of hydrogen-bond donors (Lipinski definition) is 4. The fourth-order valence-corrected chi connectivity index (χ4v) is 3.75. The summed E-state index contributed by atoms with van der Waals surface area (Å²) in [5, 5.41) is 35.3. The quantitative estimate of drug-likeness (QED) is 0.416. The zero-order chi connectivity index (χ0) is 19.3. The number of aliphatic carboxylic acids is 1. The lowest BCUT2D eigenvalue weighted by Gasteiger charge is -2.30. The van der Waals surface area contributed by atoms with E-state index in [1.165, 1.54) is 12.1 Å². The number of phenols is 1. The van der Waals surface area contributed by atoms with E-state index in [1.807, 2.05) is 24.3 Å². The molecule has 0 amide bonds. The summed E-state index contributed by atoms with van der Waals surface area (Å²) in [7, 11) is 0. The molecule has 2 heterocycles. The number of phenolic OH excluding ortho intramolecular Hbond substituents is 1. The first-order valence-electron chi connectivity index (χ1n) is 8.43. The van der Waals surface area contributed by atoms with E-state index in [1.54, 1.807) is 6.92 Å². The molecular formula is C19H17N3O5. The van der Waals surface area contributed by atoms with Gasteiger partial charge in [0, 0.05) is 40.7 Å². The van der Waals surface area contributed by atoms with Gasteiger partial charge in [-0.2, -0.15) is 0 Å². The van der Waals surface area contributed by atoms with Crippen LogP contribution in [0.25, 0.3) is 10.9 Å². The van der Waals surface area contributed by atoms with Crippen LogP contribution in [0.2, 0.25) is 0 Å². The third-order valence-electron chi connectivity index (χ3n) is 5.05. The Hall–Kier alpha value is -3.39. The van der Waals surface area contributed by atoms with Crippen molar-refractivity contribution in [2.24, 2.45) is 0 Å². The molecular weight excluding hydrogens is 350 g/mol. The standard InChI is InChI=1S/C19H17N3O5/c1-9-6-10(22(26)27)7-13(18(9)23)17-16-12(8-15(21-17)19(24)25)11-4-2-3-5-14(11)20-16/h2-7,15,17,20-21,23H,8H2,1H3,(H,24,25)/t15-,17+/m1/s1. The Morgan fingerprint density at radius 1 is 1.30 bits per heavy atom. The van der Waals surface area contributed by atoms with Crippen LogP contribution in [-0.2, 0) is 11.2 Å². The maximum Gasteiger partial charge on any atom is 0.321 e. The number of carboxylic acid groups (broad SMARTS) is 1. The molecule has 4 rings (SSSR count). The number of hydrogen-bond acceptors (Lipinski definition) is 5. The molecule has 0 saturated carbocycles. The van der Waals surface area contributed by atoms with Crippen molar-refractivity contribution in [2.75, 3.05) is 0 Å². The average molecular weight is 367 g/mol. The van der Waals surface area contributed by atoms with Gasteiger partial charge in [0.25, 0.3) is 5.69 Å². The van der Waals surface area contributed by atoms with Gasteiger partial charge in [0.15, 0.2) is 0 Å². The number of carboxylic acids is 1. The Labute approximate surface area is 153 Å². The van der Waals surface area contributed by atoms with Crippen LogP contribution in [0.4, 0.5) is 5.69 Å². The Morgan fingerprint density at radius 2 is 2.04 bits per heavy atom. The van der Waals surface area contributed by atoms with Gasteiger partial charge in [-0.25, -0.2) is 0 Å². The molecule has 1 aliphatic rings. The number of nitro groups is 1. The number of aromatic amines is 1. The molecule has 3 aromatic rings. The van der Waals surface area contributed by atoms with Crippen LogP contribution in [0, 0.1) is 17.0 Å². The maximum atomic E-state index is 11.7. The normalized spacial score (nSPS) is 19.0. The van der Waals surface area contributed by atoms with Gasteiger partial charge in [-0.3, -0.25) is 20.2 Å². The van der Waals surface area contributed by atoms with Crippen LogP contribution < -0.4 is 5.32 Å². The molecule has 0 saturated heterocycles. The molecule has 8 heteroatoms. The Morgan fingerprint density at radius 3 is 2.74 bits per heavy atom. The van der Waals surface area contributed by atoms with Gasteiger partial charge in [0.05, 0.1) is 11.0 Å². The minimum atomic E-state index is -1.02. The first kappa shape index (κ1) is 17.0. The Kier molecular flexibility index (Phi) is 3.85. The maximum absolute atomic E-state index is 11.7. The van der Waals surface area contributed by atoms with E-state index >= 15 is 0 Å². The summed E-state index contributed by atoms with van der Waals surface area (Å²) in [5.41, 5.74) is 2.88. The van der Waals surface area contributed by atoms with E-state index in [4.69, 9.17) is 0 Å². The zero-order valence-electron chi connectivity index (χ0n) is 14.4. The lowest BCUT2D eigenvalue weighted by atomic mass is 9.89. The molecule has 0 aliphatic carbocycles.